The van der Waals surface area contributed by atoms with E-state index in [0.717, 1.165) is 0 Å². The predicted molar refractivity (Wildman–Crippen MR) is 116 cm³/mol. The first-order valence-electron chi connectivity index (χ1n) is 5.21. The molecule has 0 saturated heterocycles. The summed E-state index contributed by atoms with van der Waals surface area (Å²) >= 11 is 0. The maximum absolute atomic E-state index is 8.56. The van der Waals surface area contributed by atoms with Crippen LogP contribution < -0.4 is 828 Å². The third-order valence-electron chi connectivity index (χ3n) is 0. The standard InChI is InChI=1S/8CH2O3.28Na.28H/c8*2-1(3)4;;;;;;;;;;;;;;;;;;;;;;;;;;;;;;;;;;;;;;;;;;;;;;;;;;;;;;;;/h8*(H2,2,3,4);;;;;;;;;;;;;;;;;;;;;;;;;;;;;;;;;;;;;;;;;;;;;;;;;;;;;;;;/q;;;;;;;;28*+1;28*-1. The first-order valence-corrected chi connectivity index (χ1v) is 5.21. The van der Waals surface area contributed by atoms with Gasteiger partial charge >= 0.3 is 877 Å². The van der Waals surface area contributed by atoms with Gasteiger partial charge in [0.25, 0.3) is 0 Å². The van der Waals surface area contributed by atoms with Gasteiger partial charge in [-0.25, -0.2) is 38.4 Å². The molecule has 248 valence electrons. The summed E-state index contributed by atoms with van der Waals surface area (Å²) in [5.74, 6) is 0. The summed E-state index contributed by atoms with van der Waals surface area (Å²) in [7, 11) is 0. The molecule has 0 rings (SSSR count). The van der Waals surface area contributed by atoms with Crippen LogP contribution in [0.3, 0.4) is 0 Å². The van der Waals surface area contributed by atoms with Crippen molar-refractivity contribution in [3.05, 3.63) is 0 Å². The van der Waals surface area contributed by atoms with Crippen molar-refractivity contribution in [2.45, 2.75) is 0 Å². The van der Waals surface area contributed by atoms with Crippen LogP contribution >= 0.6 is 0 Å². The summed E-state index contributed by atoms with van der Waals surface area (Å²) in [6, 6.07) is 0. The van der Waals surface area contributed by atoms with E-state index in [4.69, 9.17) is 120 Å². The largest absolute Gasteiger partial charge is 1.00 e. The summed E-state index contributed by atoms with van der Waals surface area (Å²) in [6.45, 7) is 0. The van der Waals surface area contributed by atoms with Crippen molar-refractivity contribution in [1.29, 1.82) is 0 Å². The normalized spacial score (nSPS) is 3.20. The second-order valence-electron chi connectivity index (χ2n) is 2.26. The molecule has 0 amide bonds. The summed E-state index contributed by atoms with van der Waals surface area (Å²) in [4.78, 5) is 68.4. The molecule has 0 aliphatic carbocycles. The molecule has 0 radical (unpaired) electrons. The molecule has 0 spiro atoms. The van der Waals surface area contributed by atoms with Gasteiger partial charge < -0.3 is 122 Å². The zero-order valence-corrected chi connectivity index (χ0v) is 98.4. The van der Waals surface area contributed by atoms with Crippen LogP contribution in [0.2, 0.25) is 0 Å². The molecule has 16 N–H and O–H groups in total. The van der Waals surface area contributed by atoms with E-state index in [2.05, 4.69) is 0 Å². The number of carboxylic acid groups (broad SMARTS) is 16. The predicted octanol–water partition coefficient (Wildman–Crippen LogP) is -79.0. The summed E-state index contributed by atoms with van der Waals surface area (Å²) in [5, 5.41) is 112. The van der Waals surface area contributed by atoms with Gasteiger partial charge in [-0.1, -0.05) is 0 Å². The summed E-state index contributed by atoms with van der Waals surface area (Å²) in [5.41, 5.74) is 0. The minimum atomic E-state index is -1.83. The van der Waals surface area contributed by atoms with E-state index in [9.17, 15) is 0 Å². The van der Waals surface area contributed by atoms with Crippen molar-refractivity contribution < 1.29 is 988 Å². The van der Waals surface area contributed by atoms with Crippen molar-refractivity contribution in [3.63, 3.8) is 0 Å². The molecule has 0 fully saturated rings. The van der Waals surface area contributed by atoms with Gasteiger partial charge in [0.2, 0.25) is 0 Å². The van der Waals surface area contributed by atoms with Crippen LogP contribution in [0, 0.1) is 0 Å². The molecule has 0 aromatic carbocycles. The molecule has 0 unspecified atom stereocenters. The van der Waals surface area contributed by atoms with Gasteiger partial charge in [0.15, 0.2) is 0 Å². The minimum Gasteiger partial charge on any atom is -1.00 e. The molecule has 52 heteroatoms. The molecule has 0 aromatic heterocycles. The maximum Gasteiger partial charge on any atom is 1.00 e. The van der Waals surface area contributed by atoms with Crippen LogP contribution in [-0.4, -0.2) is 131 Å². The maximum atomic E-state index is 8.56. The summed E-state index contributed by atoms with van der Waals surface area (Å²) in [6.07, 6.45) is -14.7. The zero-order chi connectivity index (χ0) is 28.6. The second kappa shape index (κ2) is 245. The monoisotopic (exact) mass is 1170 g/mol. The van der Waals surface area contributed by atoms with Gasteiger partial charge in [-0.05, 0) is 0 Å². The van der Waals surface area contributed by atoms with Gasteiger partial charge in [0.05, 0.1) is 0 Å². The number of hydrogen-bond acceptors (Lipinski definition) is 8. The zero-order valence-electron chi connectivity index (χ0n) is 70.4. The Labute approximate surface area is 1010 Å². The van der Waals surface area contributed by atoms with Crippen molar-refractivity contribution in [2.24, 2.45) is 0 Å². The van der Waals surface area contributed by atoms with E-state index in [1.807, 2.05) is 0 Å². The van der Waals surface area contributed by atoms with Gasteiger partial charge in [-0.2, -0.15) is 0 Å². The van der Waals surface area contributed by atoms with Crippen LogP contribution in [0.25, 0.3) is 0 Å². The smallest absolute Gasteiger partial charge is 1.00 e. The molecule has 0 aliphatic heterocycles. The Morgan fingerprint density at radius 3 is 0.133 bits per heavy atom. The molecule has 60 heavy (non-hydrogen) atoms. The van der Waals surface area contributed by atoms with Crippen molar-refractivity contribution in [2.75, 3.05) is 0 Å². The minimum absolute atomic E-state index is 0. The molecule has 0 atom stereocenters. The Balaban J connectivity index is -0.00000000111. The topological polar surface area (TPSA) is 460 Å². The Kier molecular flexibility index (Phi) is 1040. The van der Waals surface area contributed by atoms with Gasteiger partial charge in [0.1, 0.15) is 0 Å². The Morgan fingerprint density at radius 1 is 0.133 bits per heavy atom. The van der Waals surface area contributed by atoms with Crippen molar-refractivity contribution in [3.8, 4) is 0 Å². The van der Waals surface area contributed by atoms with Gasteiger partial charge in [0, 0.05) is 0 Å². The number of carbonyl (C=O) groups is 8. The average Bonchev–Trinajstić information content (AvgIpc) is 2.30. The van der Waals surface area contributed by atoms with E-state index >= 15 is 0 Å². The molecule has 0 bridgehead atoms. The first kappa shape index (κ1) is 254. The molecular weight excluding hydrogens is 1120 g/mol. The van der Waals surface area contributed by atoms with E-state index < -0.39 is 49.2 Å². The molecule has 24 nitrogen and oxygen atoms in total. The van der Waals surface area contributed by atoms with E-state index in [-0.39, 0.29) is 868 Å². The average molecular weight is 1170 g/mol. The Bertz CT molecular complexity index is 493. The van der Waals surface area contributed by atoms with Crippen LogP contribution in [0.4, 0.5) is 38.4 Å². The van der Waals surface area contributed by atoms with Crippen LogP contribution in [-0.2, 0) is 0 Å². The Morgan fingerprint density at radius 2 is 0.133 bits per heavy atom. The van der Waals surface area contributed by atoms with Crippen molar-refractivity contribution in [1.82, 2.24) is 0 Å². The van der Waals surface area contributed by atoms with Gasteiger partial charge in [-0.3, -0.25) is 0 Å². The van der Waals surface area contributed by atoms with Crippen LogP contribution in [0.5, 0.6) is 0 Å². The fraction of sp³-hybridized carbons (Fsp3) is 0. The fourth-order valence-electron chi connectivity index (χ4n) is 0. The molecular formula is C8H44Na28O24. The molecule has 0 saturated carbocycles. The number of rotatable bonds is 0. The first-order chi connectivity index (χ1) is 13.9. The Hall–Kier alpha value is 22.2. The third kappa shape index (κ3) is 1020. The van der Waals surface area contributed by atoms with E-state index in [1.54, 1.807) is 0 Å². The SMILES string of the molecule is O=C(O)O.O=C(O)O.O=C(O)O.O=C(O)O.O=C(O)O.O=C(O)O.O=C(O)O.O=C(O)O.[H-].[H-].[H-].[H-].[H-].[H-].[H-].[H-].[H-].[H-].[H-].[H-].[H-].[H-].[H-].[H-].[H-].[H-].[H-].[H-].[H-].[H-].[H-].[H-].[H-].[H-].[H-].[H-].[Na+].[Na+].[Na+].[Na+].[Na+].[Na+].[Na+].[Na+].[Na+].[Na+].[Na+].[Na+].[Na+].[Na+].[Na+].[Na+].[Na+].[Na+].[Na+].[Na+].[Na+].[Na+].[Na+].[Na+].[Na+].[Na+].[Na+].[Na+]. The van der Waals surface area contributed by atoms with Crippen LogP contribution in [0.15, 0.2) is 0 Å². The van der Waals surface area contributed by atoms with Crippen molar-refractivity contribution >= 4 is 49.2 Å². The second-order valence-corrected chi connectivity index (χ2v) is 2.26. The molecule has 0 heterocycles. The quantitative estimate of drug-likeness (QED) is 0.100. The third-order valence-corrected chi connectivity index (χ3v) is 0. The van der Waals surface area contributed by atoms with E-state index in [0.29, 0.717) is 0 Å². The summed E-state index contributed by atoms with van der Waals surface area (Å²) < 4.78 is 0. The van der Waals surface area contributed by atoms with Crippen LogP contribution in [0.1, 0.15) is 39.9 Å². The fourth-order valence-corrected chi connectivity index (χ4v) is 0. The molecule has 0 aromatic rings. The number of hydrogen-bond donors (Lipinski definition) is 16. The molecule has 0 aliphatic rings. The van der Waals surface area contributed by atoms with E-state index in [1.165, 1.54) is 0 Å². The van der Waals surface area contributed by atoms with Gasteiger partial charge in [-0.15, -0.1) is 0 Å².